The normalized spacial score (nSPS) is 19.5. The van der Waals surface area contributed by atoms with E-state index in [2.05, 4.69) is 16.0 Å². The third kappa shape index (κ3) is 8.82. The van der Waals surface area contributed by atoms with Gasteiger partial charge < -0.3 is 30.3 Å². The van der Waals surface area contributed by atoms with Crippen LogP contribution >= 0.6 is 0 Å². The minimum absolute atomic E-state index is 0.110. The maximum atomic E-state index is 13.4. The first-order chi connectivity index (χ1) is 21.2. The molecule has 3 aromatic carbocycles. The van der Waals surface area contributed by atoms with E-state index in [-0.39, 0.29) is 30.5 Å². The van der Waals surface area contributed by atoms with Gasteiger partial charge in [-0.3, -0.25) is 19.2 Å². The summed E-state index contributed by atoms with van der Waals surface area (Å²) in [6.45, 7) is 2.05. The van der Waals surface area contributed by atoms with Crippen molar-refractivity contribution in [1.29, 1.82) is 0 Å². The Morgan fingerprint density at radius 3 is 2.48 bits per heavy atom. The van der Waals surface area contributed by atoms with Crippen LogP contribution in [0.2, 0.25) is 0 Å². The Labute approximate surface area is 258 Å². The van der Waals surface area contributed by atoms with Gasteiger partial charge in [0.25, 0.3) is 5.91 Å². The Balaban J connectivity index is 1.50. The smallest absolute Gasteiger partial charge is 0.255 e. The summed E-state index contributed by atoms with van der Waals surface area (Å²) in [6, 6.07) is 21.7. The van der Waals surface area contributed by atoms with Crippen LogP contribution in [0.4, 0.5) is 0 Å². The van der Waals surface area contributed by atoms with Gasteiger partial charge in [-0.1, -0.05) is 54.6 Å². The van der Waals surface area contributed by atoms with Crippen molar-refractivity contribution in [2.75, 3.05) is 27.3 Å². The van der Waals surface area contributed by atoms with Crippen LogP contribution in [0.5, 0.6) is 11.5 Å². The van der Waals surface area contributed by atoms with E-state index in [9.17, 15) is 19.2 Å². The van der Waals surface area contributed by atoms with E-state index < -0.39 is 29.8 Å². The van der Waals surface area contributed by atoms with E-state index in [1.165, 1.54) is 0 Å². The third-order valence-electron chi connectivity index (χ3n) is 7.61. The summed E-state index contributed by atoms with van der Waals surface area (Å²) in [6.07, 6.45) is 1.52. The van der Waals surface area contributed by atoms with Crippen molar-refractivity contribution in [2.24, 2.45) is 0 Å². The molecule has 0 bridgehead atoms. The van der Waals surface area contributed by atoms with Gasteiger partial charge in [0.15, 0.2) is 0 Å². The van der Waals surface area contributed by atoms with Gasteiger partial charge in [0, 0.05) is 13.6 Å². The van der Waals surface area contributed by atoms with Gasteiger partial charge in [0.1, 0.15) is 30.2 Å². The molecule has 4 rings (SSSR count). The highest BCUT2D eigenvalue weighted by atomic mass is 16.5. The van der Waals surface area contributed by atoms with Gasteiger partial charge in [0.05, 0.1) is 25.1 Å². The molecule has 232 valence electrons. The first-order valence-electron chi connectivity index (χ1n) is 14.8. The van der Waals surface area contributed by atoms with Crippen LogP contribution in [-0.4, -0.2) is 74.0 Å². The number of hydrogen-bond donors (Lipinski definition) is 3. The molecule has 3 aromatic rings. The largest absolute Gasteiger partial charge is 0.497 e. The first kappa shape index (κ1) is 32.1. The summed E-state index contributed by atoms with van der Waals surface area (Å²) < 4.78 is 11.4. The fourth-order valence-corrected chi connectivity index (χ4v) is 5.09. The molecule has 0 unspecified atom stereocenters. The zero-order chi connectivity index (χ0) is 31.5. The van der Waals surface area contributed by atoms with Gasteiger partial charge in [-0.25, -0.2) is 0 Å². The molecule has 3 N–H and O–H groups in total. The van der Waals surface area contributed by atoms with Crippen molar-refractivity contribution in [3.63, 3.8) is 0 Å². The summed E-state index contributed by atoms with van der Waals surface area (Å²) in [5, 5.41) is 8.25. The number of benzene rings is 3. The van der Waals surface area contributed by atoms with Gasteiger partial charge >= 0.3 is 0 Å². The number of likely N-dealkylation sites (N-methyl/N-ethyl adjacent to an activating group) is 1. The number of carbonyl (C=O) groups is 4. The summed E-state index contributed by atoms with van der Waals surface area (Å²) in [4.78, 5) is 54.7. The Morgan fingerprint density at radius 1 is 0.977 bits per heavy atom. The van der Waals surface area contributed by atoms with Gasteiger partial charge in [-0.15, -0.1) is 0 Å². The molecule has 10 heteroatoms. The quantitative estimate of drug-likeness (QED) is 0.342. The highest BCUT2D eigenvalue weighted by Gasteiger charge is 2.30. The molecule has 1 aliphatic rings. The van der Waals surface area contributed by atoms with Crippen LogP contribution in [0.25, 0.3) is 0 Å². The van der Waals surface area contributed by atoms with Crippen molar-refractivity contribution >= 4 is 23.6 Å². The van der Waals surface area contributed by atoms with Crippen molar-refractivity contribution < 1.29 is 28.7 Å². The molecule has 4 amide bonds. The second-order valence-corrected chi connectivity index (χ2v) is 10.9. The molecule has 0 saturated heterocycles. The molecular weight excluding hydrogens is 560 g/mol. The van der Waals surface area contributed by atoms with Gasteiger partial charge in [-0.05, 0) is 61.6 Å². The van der Waals surface area contributed by atoms with E-state index in [1.54, 1.807) is 50.2 Å². The predicted octanol–water partition coefficient (Wildman–Crippen LogP) is 2.90. The fraction of sp³-hybridized carbons (Fsp3) is 0.353. The lowest BCUT2D eigenvalue weighted by molar-refractivity contribution is -0.137. The molecule has 1 heterocycles. The number of aryl methyl sites for hydroxylation is 1. The van der Waals surface area contributed by atoms with Crippen LogP contribution in [0.15, 0.2) is 78.9 Å². The molecule has 10 nitrogen and oxygen atoms in total. The minimum atomic E-state index is -1.17. The molecule has 0 fully saturated rings. The lowest BCUT2D eigenvalue weighted by Crippen LogP contribution is -2.53. The Hall–Kier alpha value is -4.86. The summed E-state index contributed by atoms with van der Waals surface area (Å²) >= 11 is 0. The third-order valence-corrected chi connectivity index (χ3v) is 7.61. The lowest BCUT2D eigenvalue weighted by atomic mass is 10.0. The van der Waals surface area contributed by atoms with Crippen molar-refractivity contribution in [1.82, 2.24) is 20.9 Å². The molecule has 0 aliphatic carbocycles. The summed E-state index contributed by atoms with van der Waals surface area (Å²) in [5.41, 5.74) is 2.30. The second kappa shape index (κ2) is 15.6. The fourth-order valence-electron chi connectivity index (χ4n) is 5.09. The molecule has 0 spiro atoms. The number of carbonyl (C=O) groups excluding carboxylic acids is 4. The number of fused-ring (bicyclic) bond motifs is 1. The Morgan fingerprint density at radius 2 is 1.70 bits per heavy atom. The van der Waals surface area contributed by atoms with Crippen LogP contribution in [0, 0.1) is 0 Å². The first-order valence-corrected chi connectivity index (χ1v) is 14.8. The van der Waals surface area contributed by atoms with E-state index in [1.807, 2.05) is 54.6 Å². The number of methoxy groups -OCH3 is 1. The zero-order valence-corrected chi connectivity index (χ0v) is 25.4. The number of para-hydroxylation sites is 1. The van der Waals surface area contributed by atoms with Crippen molar-refractivity contribution in [2.45, 2.75) is 50.7 Å². The highest BCUT2D eigenvalue weighted by Crippen LogP contribution is 2.21. The number of rotatable bonds is 8. The molecule has 44 heavy (non-hydrogen) atoms. The van der Waals surface area contributed by atoms with E-state index in [0.29, 0.717) is 31.6 Å². The van der Waals surface area contributed by atoms with Crippen LogP contribution in [0.3, 0.4) is 0 Å². The highest BCUT2D eigenvalue weighted by molar-refractivity contribution is 6.01. The summed E-state index contributed by atoms with van der Waals surface area (Å²) in [5.74, 6) is -0.790. The number of ether oxygens (including phenoxy) is 2. The van der Waals surface area contributed by atoms with E-state index in [0.717, 1.165) is 16.9 Å². The molecule has 0 aromatic heterocycles. The van der Waals surface area contributed by atoms with Crippen LogP contribution in [0.1, 0.15) is 41.3 Å². The maximum absolute atomic E-state index is 13.4. The average Bonchev–Trinajstić information content (AvgIpc) is 3.04. The number of hydrogen-bond acceptors (Lipinski definition) is 6. The SMILES string of the molecule is COc1cccc(CCCNC(=O)[C@@H]2CC(=O)N[C@@H](C)C(=O)N(C)[C@@H](Cc3ccccc3)COc3ccccc3C(=O)N2)c1. The molecule has 0 saturated carbocycles. The Bertz CT molecular complexity index is 1450. The van der Waals surface area contributed by atoms with Crippen LogP contribution in [-0.2, 0) is 27.2 Å². The maximum Gasteiger partial charge on any atom is 0.255 e. The van der Waals surface area contributed by atoms with E-state index >= 15 is 0 Å². The Kier molecular flexibility index (Phi) is 11.3. The van der Waals surface area contributed by atoms with Crippen molar-refractivity contribution in [3.8, 4) is 11.5 Å². The zero-order valence-electron chi connectivity index (χ0n) is 25.4. The standard InChI is InChI=1S/C34H40N4O6/c1-23-34(42)38(2)26(19-24-11-5-4-6-12-24)22-44-30-17-8-7-16-28(30)32(40)37-29(21-31(39)36-23)33(41)35-18-10-14-25-13-9-15-27(20-25)43-3/h4-9,11-13,15-17,20,23,26,29H,10,14,18-19,21-22H2,1-3H3,(H,35,41)(H,36,39)(H,37,40)/t23-,26-,29-/m0/s1. The molecule has 1 aliphatic heterocycles. The van der Waals surface area contributed by atoms with Gasteiger partial charge in [0.2, 0.25) is 17.7 Å². The topological polar surface area (TPSA) is 126 Å². The number of nitrogens with one attached hydrogen (secondary N) is 3. The van der Waals surface area contributed by atoms with Gasteiger partial charge in [-0.2, -0.15) is 0 Å². The van der Waals surface area contributed by atoms with Crippen molar-refractivity contribution in [3.05, 3.63) is 95.6 Å². The molecular formula is C34H40N4O6. The number of nitrogens with zero attached hydrogens (tertiary/aromatic N) is 1. The molecule has 3 atom stereocenters. The minimum Gasteiger partial charge on any atom is -0.497 e. The number of amides is 4. The van der Waals surface area contributed by atoms with E-state index in [4.69, 9.17) is 9.47 Å². The second-order valence-electron chi connectivity index (χ2n) is 10.9. The lowest BCUT2D eigenvalue weighted by Gasteiger charge is -2.31. The van der Waals surface area contributed by atoms with Crippen LogP contribution < -0.4 is 25.4 Å². The average molecular weight is 601 g/mol. The monoisotopic (exact) mass is 600 g/mol. The molecule has 0 radical (unpaired) electrons. The summed E-state index contributed by atoms with van der Waals surface area (Å²) in [7, 11) is 3.28. The predicted molar refractivity (Wildman–Crippen MR) is 166 cm³/mol.